The van der Waals surface area contributed by atoms with E-state index in [1.54, 1.807) is 6.07 Å². The minimum Gasteiger partial charge on any atom is -0.294 e. The van der Waals surface area contributed by atoms with E-state index in [0.29, 0.717) is 11.1 Å². The number of carbonyl (C=O) groups is 1. The van der Waals surface area contributed by atoms with Gasteiger partial charge in [-0.2, -0.15) is 0 Å². The van der Waals surface area contributed by atoms with Gasteiger partial charge in [-0.15, -0.1) is 0 Å². The number of benzene rings is 2. The van der Waals surface area contributed by atoms with Gasteiger partial charge in [0.1, 0.15) is 5.82 Å². The maximum absolute atomic E-state index is 13.4. The predicted molar refractivity (Wildman–Crippen MR) is 75.8 cm³/mol. The number of ketones is 1. The molecule has 2 aromatic carbocycles. The molecule has 2 rings (SSSR count). The van der Waals surface area contributed by atoms with Gasteiger partial charge in [0.2, 0.25) is 0 Å². The Morgan fingerprint density at radius 3 is 2.37 bits per heavy atom. The van der Waals surface area contributed by atoms with Crippen LogP contribution in [-0.2, 0) is 6.42 Å². The molecule has 0 bridgehead atoms. The van der Waals surface area contributed by atoms with Gasteiger partial charge in [0.15, 0.2) is 5.78 Å². The van der Waals surface area contributed by atoms with Crippen LogP contribution in [0.4, 0.5) is 4.39 Å². The molecular weight excluding hydrogens is 239 g/mol. The Hall–Kier alpha value is -1.96. The Kier molecular flexibility index (Phi) is 4.10. The van der Waals surface area contributed by atoms with E-state index >= 15 is 0 Å². The third-order valence-corrected chi connectivity index (χ3v) is 3.16. The summed E-state index contributed by atoms with van der Waals surface area (Å²) < 4.78 is 13.4. The number of Topliss-reactive ketones (excluding diaryl/α,β-unsaturated/α-hetero) is 1. The highest BCUT2D eigenvalue weighted by Gasteiger charge is 2.10. The molecule has 0 saturated carbocycles. The van der Waals surface area contributed by atoms with Gasteiger partial charge in [-0.25, -0.2) is 4.39 Å². The molecule has 98 valence electrons. The molecule has 0 heterocycles. The van der Waals surface area contributed by atoms with Gasteiger partial charge in [0, 0.05) is 5.56 Å². The van der Waals surface area contributed by atoms with Gasteiger partial charge in [-0.05, 0) is 48.2 Å². The summed E-state index contributed by atoms with van der Waals surface area (Å²) in [6.45, 7) is 3.64. The molecule has 0 aromatic heterocycles. The van der Waals surface area contributed by atoms with Crippen molar-refractivity contribution in [3.63, 3.8) is 0 Å². The lowest BCUT2D eigenvalue weighted by Crippen LogP contribution is -1.97. The molecule has 0 fully saturated rings. The molecule has 0 amide bonds. The second-order valence-electron chi connectivity index (χ2n) is 4.69. The van der Waals surface area contributed by atoms with Crippen molar-refractivity contribution in [2.24, 2.45) is 0 Å². The first kappa shape index (κ1) is 13.5. The summed E-state index contributed by atoms with van der Waals surface area (Å²) >= 11 is 0. The fourth-order valence-electron chi connectivity index (χ4n) is 2.20. The number of halogens is 1. The maximum Gasteiger partial charge on any atom is 0.160 e. The molecule has 0 atom stereocenters. The SMILES string of the molecule is CCCc1ccc(-c2cc(F)ccc2C(C)=O)cc1. The molecule has 0 saturated heterocycles. The Morgan fingerprint density at radius 1 is 1.11 bits per heavy atom. The van der Waals surface area contributed by atoms with E-state index in [9.17, 15) is 9.18 Å². The Bertz CT molecular complexity index is 585. The molecule has 2 aromatic rings. The first-order valence-corrected chi connectivity index (χ1v) is 6.51. The second-order valence-corrected chi connectivity index (χ2v) is 4.69. The zero-order valence-electron chi connectivity index (χ0n) is 11.2. The molecule has 19 heavy (non-hydrogen) atoms. The van der Waals surface area contributed by atoms with Crippen LogP contribution in [0.25, 0.3) is 11.1 Å². The zero-order valence-corrected chi connectivity index (χ0v) is 11.2. The van der Waals surface area contributed by atoms with Crippen molar-refractivity contribution in [2.45, 2.75) is 26.7 Å². The quantitative estimate of drug-likeness (QED) is 0.728. The lowest BCUT2D eigenvalue weighted by molar-refractivity contribution is 0.101. The van der Waals surface area contributed by atoms with Crippen molar-refractivity contribution >= 4 is 5.78 Å². The lowest BCUT2D eigenvalue weighted by Gasteiger charge is -2.08. The summed E-state index contributed by atoms with van der Waals surface area (Å²) in [5.41, 5.74) is 3.36. The minimum absolute atomic E-state index is 0.0485. The Balaban J connectivity index is 2.45. The van der Waals surface area contributed by atoms with Crippen molar-refractivity contribution in [2.75, 3.05) is 0 Å². The zero-order chi connectivity index (χ0) is 13.8. The van der Waals surface area contributed by atoms with Crippen LogP contribution in [0.15, 0.2) is 42.5 Å². The average Bonchev–Trinajstić information content (AvgIpc) is 2.39. The van der Waals surface area contributed by atoms with Crippen LogP contribution in [0.3, 0.4) is 0 Å². The Labute approximate surface area is 113 Å². The van der Waals surface area contributed by atoms with E-state index in [-0.39, 0.29) is 11.6 Å². The molecule has 2 heteroatoms. The van der Waals surface area contributed by atoms with Gasteiger partial charge in [0.25, 0.3) is 0 Å². The van der Waals surface area contributed by atoms with E-state index < -0.39 is 0 Å². The topological polar surface area (TPSA) is 17.1 Å². The standard InChI is InChI=1S/C17H17FO/c1-3-4-13-5-7-14(8-6-13)17-11-15(18)9-10-16(17)12(2)19/h5-11H,3-4H2,1-2H3. The van der Waals surface area contributed by atoms with Crippen molar-refractivity contribution in [1.82, 2.24) is 0 Å². The molecule has 0 radical (unpaired) electrons. The van der Waals surface area contributed by atoms with Gasteiger partial charge < -0.3 is 0 Å². The van der Waals surface area contributed by atoms with Crippen molar-refractivity contribution in [3.8, 4) is 11.1 Å². The molecule has 0 aliphatic heterocycles. The van der Waals surface area contributed by atoms with E-state index in [2.05, 4.69) is 6.92 Å². The van der Waals surface area contributed by atoms with Crippen LogP contribution in [0, 0.1) is 5.82 Å². The molecule has 0 spiro atoms. The molecular formula is C17H17FO. The molecule has 0 unspecified atom stereocenters. The number of hydrogen-bond donors (Lipinski definition) is 0. The average molecular weight is 256 g/mol. The number of carbonyl (C=O) groups excluding carboxylic acids is 1. The summed E-state index contributed by atoms with van der Waals surface area (Å²) in [6, 6.07) is 12.3. The van der Waals surface area contributed by atoms with Crippen LogP contribution in [0.1, 0.15) is 36.2 Å². The van der Waals surface area contributed by atoms with Crippen LogP contribution < -0.4 is 0 Å². The van der Waals surface area contributed by atoms with Gasteiger partial charge >= 0.3 is 0 Å². The highest BCUT2D eigenvalue weighted by Crippen LogP contribution is 2.25. The summed E-state index contributed by atoms with van der Waals surface area (Å²) in [4.78, 5) is 11.6. The minimum atomic E-state index is -0.322. The number of hydrogen-bond acceptors (Lipinski definition) is 1. The van der Waals surface area contributed by atoms with E-state index in [0.717, 1.165) is 18.4 Å². The van der Waals surface area contributed by atoms with Crippen LogP contribution in [-0.4, -0.2) is 5.78 Å². The van der Waals surface area contributed by atoms with Crippen molar-refractivity contribution < 1.29 is 9.18 Å². The van der Waals surface area contributed by atoms with E-state index in [4.69, 9.17) is 0 Å². The monoisotopic (exact) mass is 256 g/mol. The summed E-state index contributed by atoms with van der Waals surface area (Å²) in [5.74, 6) is -0.370. The first-order chi connectivity index (χ1) is 9.11. The van der Waals surface area contributed by atoms with Gasteiger partial charge in [-0.1, -0.05) is 37.6 Å². The van der Waals surface area contributed by atoms with E-state index in [1.165, 1.54) is 24.6 Å². The molecule has 0 aliphatic carbocycles. The largest absolute Gasteiger partial charge is 0.294 e. The van der Waals surface area contributed by atoms with Crippen molar-refractivity contribution in [1.29, 1.82) is 0 Å². The Morgan fingerprint density at radius 2 is 1.79 bits per heavy atom. The second kappa shape index (κ2) is 5.79. The molecule has 0 N–H and O–H groups in total. The van der Waals surface area contributed by atoms with Gasteiger partial charge in [-0.3, -0.25) is 4.79 Å². The maximum atomic E-state index is 13.4. The predicted octanol–water partition coefficient (Wildman–Crippen LogP) is 4.65. The first-order valence-electron chi connectivity index (χ1n) is 6.51. The van der Waals surface area contributed by atoms with Crippen LogP contribution in [0.2, 0.25) is 0 Å². The summed E-state index contributed by atoms with van der Waals surface area (Å²) in [7, 11) is 0. The third-order valence-electron chi connectivity index (χ3n) is 3.16. The number of aryl methyl sites for hydroxylation is 1. The van der Waals surface area contributed by atoms with Crippen LogP contribution in [0.5, 0.6) is 0 Å². The summed E-state index contributed by atoms with van der Waals surface area (Å²) in [5, 5.41) is 0. The highest BCUT2D eigenvalue weighted by atomic mass is 19.1. The number of rotatable bonds is 4. The fourth-order valence-corrected chi connectivity index (χ4v) is 2.20. The smallest absolute Gasteiger partial charge is 0.160 e. The normalized spacial score (nSPS) is 10.5. The fraction of sp³-hybridized carbons (Fsp3) is 0.235. The third kappa shape index (κ3) is 3.08. The molecule has 0 aliphatic rings. The summed E-state index contributed by atoms with van der Waals surface area (Å²) in [6.07, 6.45) is 2.13. The highest BCUT2D eigenvalue weighted by molar-refractivity contribution is 6.00. The lowest BCUT2D eigenvalue weighted by atomic mass is 9.96. The van der Waals surface area contributed by atoms with Crippen molar-refractivity contribution in [3.05, 3.63) is 59.4 Å². The van der Waals surface area contributed by atoms with Crippen LogP contribution >= 0.6 is 0 Å². The molecule has 1 nitrogen and oxygen atoms in total. The van der Waals surface area contributed by atoms with E-state index in [1.807, 2.05) is 24.3 Å². The van der Waals surface area contributed by atoms with Gasteiger partial charge in [0.05, 0.1) is 0 Å².